The molecule has 0 aromatic carbocycles. The number of aliphatic hydroxyl groups excluding tert-OH is 1. The number of rotatable bonds is 6. The molecular formula is C16H20N3O7S-. The highest BCUT2D eigenvalue weighted by Crippen LogP contribution is 2.24. The van der Waals surface area contributed by atoms with E-state index in [1.165, 1.54) is 32.3 Å². The van der Waals surface area contributed by atoms with Gasteiger partial charge in [-0.2, -0.15) is 4.99 Å². The van der Waals surface area contributed by atoms with Crippen LogP contribution in [0.4, 0.5) is 4.79 Å². The van der Waals surface area contributed by atoms with E-state index in [-0.39, 0.29) is 6.61 Å². The Bertz CT molecular complexity index is 875. The second-order valence-electron chi connectivity index (χ2n) is 6.45. The first kappa shape index (κ1) is 21.0. The fourth-order valence-electron chi connectivity index (χ4n) is 2.80. The van der Waals surface area contributed by atoms with Crippen molar-refractivity contribution in [2.24, 2.45) is 4.99 Å². The molecule has 148 valence electrons. The Morgan fingerprint density at radius 3 is 2.70 bits per heavy atom. The summed E-state index contributed by atoms with van der Waals surface area (Å²) in [4.78, 5) is 26.6. The molecule has 1 aliphatic rings. The van der Waals surface area contributed by atoms with E-state index >= 15 is 0 Å². The molecule has 1 aliphatic heterocycles. The van der Waals surface area contributed by atoms with Crippen LogP contribution in [0.1, 0.15) is 25.7 Å². The predicted octanol–water partition coefficient (Wildman–Crippen LogP) is -2.62. The number of carboxylic acids is 1. The molecule has 0 radical (unpaired) electrons. The third kappa shape index (κ3) is 4.33. The number of hydrogen-bond donors (Lipinski definition) is 2. The molecule has 10 nitrogen and oxygen atoms in total. The number of carbonyl (C=O) groups excluding carboxylic acids is 2. The minimum Gasteiger partial charge on any atom is -0.772 e. The second kappa shape index (κ2) is 8.13. The molecule has 1 amide bonds. The highest BCUT2D eigenvalue weighted by molar-refractivity contribution is 7.80. The molecular weight excluding hydrogens is 378 g/mol. The molecule has 0 saturated heterocycles. The van der Waals surface area contributed by atoms with Crippen LogP contribution in [-0.2, 0) is 20.6 Å². The number of methoxy groups -OCH3 is 1. The van der Waals surface area contributed by atoms with Crippen molar-refractivity contribution in [2.45, 2.75) is 30.8 Å². The number of amides is 1. The normalized spacial score (nSPS) is 19.2. The molecule has 0 saturated carbocycles. The molecule has 0 fully saturated rings. The lowest BCUT2D eigenvalue weighted by Crippen LogP contribution is -2.98. The van der Waals surface area contributed by atoms with E-state index in [0.717, 1.165) is 0 Å². The van der Waals surface area contributed by atoms with Crippen molar-refractivity contribution < 1.29 is 38.6 Å². The first-order valence-electron chi connectivity index (χ1n) is 7.93. The molecule has 2 heterocycles. The van der Waals surface area contributed by atoms with Gasteiger partial charge in [-0.3, -0.25) is 8.78 Å². The van der Waals surface area contributed by atoms with E-state index < -0.39 is 40.1 Å². The lowest BCUT2D eigenvalue weighted by atomic mass is 10.0. The fraction of sp³-hybridized carbons (Fsp3) is 0.438. The Morgan fingerprint density at radius 2 is 2.19 bits per heavy atom. The molecule has 11 heteroatoms. The Hall–Kier alpha value is -2.34. The van der Waals surface area contributed by atoms with Gasteiger partial charge in [0, 0.05) is 17.5 Å². The minimum absolute atomic E-state index is 0.319. The molecule has 3 N–H and O–H groups in total. The van der Waals surface area contributed by atoms with Crippen LogP contribution in [0, 0.1) is 0 Å². The predicted molar refractivity (Wildman–Crippen MR) is 90.2 cm³/mol. The minimum atomic E-state index is -2.67. The number of aromatic nitrogens is 1. The standard InChI is InChI=1S/C16H21N3O7S/c1-16(2,27(24)25)12(14(21)22)18-13-9(8-20)6-11-7-10(4-5-19(11)13)17-15(23)26-3/h4-7,12-13,18,20H,8H2,1-3H3,(H,21,22)(H,24,25)/p-1/b17-10-/t12-,13?/m0/s1. The van der Waals surface area contributed by atoms with Crippen molar-refractivity contribution >= 4 is 29.2 Å². The van der Waals surface area contributed by atoms with Gasteiger partial charge in [0.1, 0.15) is 12.0 Å². The number of ether oxygens (including phenoxy) is 1. The monoisotopic (exact) mass is 398 g/mol. The fourth-order valence-corrected chi connectivity index (χ4v) is 3.18. The molecule has 0 aliphatic carbocycles. The van der Waals surface area contributed by atoms with Gasteiger partial charge in [0.05, 0.1) is 23.8 Å². The summed E-state index contributed by atoms with van der Waals surface area (Å²) >= 11 is -2.67. The topological polar surface area (TPSA) is 161 Å². The first-order valence-corrected chi connectivity index (χ1v) is 9.00. The SMILES string of the molecule is COC(=O)/N=c1/ccn2c(c1)C=C(CO)C2[NH2+][C@@H](C(=O)[O-])C(C)(C)S(=O)[O-]. The average Bonchev–Trinajstić information content (AvgIpc) is 2.95. The van der Waals surface area contributed by atoms with Gasteiger partial charge in [0.2, 0.25) is 0 Å². The van der Waals surface area contributed by atoms with E-state index in [1.807, 2.05) is 0 Å². The van der Waals surface area contributed by atoms with Crippen molar-refractivity contribution in [3.8, 4) is 0 Å². The number of nitrogens with zero attached hydrogens (tertiary/aromatic N) is 2. The third-order valence-electron chi connectivity index (χ3n) is 4.40. The molecule has 27 heavy (non-hydrogen) atoms. The van der Waals surface area contributed by atoms with Gasteiger partial charge in [-0.05, 0) is 43.1 Å². The van der Waals surface area contributed by atoms with Crippen LogP contribution >= 0.6 is 0 Å². The lowest BCUT2D eigenvalue weighted by molar-refractivity contribution is -0.729. The number of carbonyl (C=O) groups is 2. The van der Waals surface area contributed by atoms with Crippen molar-refractivity contribution in [1.29, 1.82) is 0 Å². The van der Waals surface area contributed by atoms with Gasteiger partial charge in [-0.15, -0.1) is 0 Å². The number of aliphatic carboxylic acids is 1. The third-order valence-corrected chi connectivity index (χ3v) is 5.51. The Balaban J connectivity index is 2.44. The van der Waals surface area contributed by atoms with Crippen LogP contribution < -0.4 is 15.8 Å². The summed E-state index contributed by atoms with van der Waals surface area (Å²) in [6.07, 6.45) is 1.71. The average molecular weight is 398 g/mol. The van der Waals surface area contributed by atoms with Crippen LogP contribution in [0.15, 0.2) is 28.9 Å². The number of carboxylic acid groups (broad SMARTS) is 1. The summed E-state index contributed by atoms with van der Waals surface area (Å²) in [6.45, 7) is 2.20. The van der Waals surface area contributed by atoms with Crippen LogP contribution in [0.25, 0.3) is 6.08 Å². The zero-order valence-corrected chi connectivity index (χ0v) is 15.8. The molecule has 2 unspecified atom stereocenters. The molecule has 1 aromatic heterocycles. The van der Waals surface area contributed by atoms with Gasteiger partial charge in [0.25, 0.3) is 0 Å². The number of nitrogens with two attached hydrogens (primary N) is 1. The molecule has 1 aromatic rings. The Labute approximate surface area is 157 Å². The van der Waals surface area contributed by atoms with E-state index in [9.17, 15) is 28.6 Å². The zero-order chi connectivity index (χ0) is 20.4. The van der Waals surface area contributed by atoms with Crippen LogP contribution in [0.2, 0.25) is 0 Å². The molecule has 0 spiro atoms. The van der Waals surface area contributed by atoms with E-state index in [1.54, 1.807) is 22.9 Å². The van der Waals surface area contributed by atoms with Gasteiger partial charge in [-0.1, -0.05) is 0 Å². The Kier molecular flexibility index (Phi) is 6.31. The van der Waals surface area contributed by atoms with Gasteiger partial charge in [0.15, 0.2) is 6.17 Å². The zero-order valence-electron chi connectivity index (χ0n) is 14.9. The van der Waals surface area contributed by atoms with Crippen molar-refractivity contribution in [1.82, 2.24) is 4.57 Å². The first-order chi connectivity index (χ1) is 12.6. The molecule has 3 atom stereocenters. The maximum absolute atomic E-state index is 11.6. The lowest BCUT2D eigenvalue weighted by Gasteiger charge is -2.36. The summed E-state index contributed by atoms with van der Waals surface area (Å²) in [7, 11) is 1.20. The summed E-state index contributed by atoms with van der Waals surface area (Å²) in [5.41, 5.74) is 1.02. The number of hydrogen-bond acceptors (Lipinski definition) is 7. The van der Waals surface area contributed by atoms with Gasteiger partial charge >= 0.3 is 6.09 Å². The highest BCUT2D eigenvalue weighted by Gasteiger charge is 2.39. The van der Waals surface area contributed by atoms with Gasteiger partial charge in [-0.25, -0.2) is 4.79 Å². The highest BCUT2D eigenvalue weighted by atomic mass is 32.2. The number of quaternary nitrogens is 1. The maximum Gasteiger partial charge on any atom is 0.433 e. The molecule has 0 bridgehead atoms. The van der Waals surface area contributed by atoms with Crippen LogP contribution in [-0.4, -0.2) is 55.0 Å². The van der Waals surface area contributed by atoms with Crippen molar-refractivity contribution in [2.75, 3.05) is 13.7 Å². The number of aliphatic hydroxyl groups is 1. The summed E-state index contributed by atoms with van der Waals surface area (Å²) in [5.74, 6) is -1.53. The van der Waals surface area contributed by atoms with Crippen LogP contribution in [0.5, 0.6) is 0 Å². The van der Waals surface area contributed by atoms with E-state index in [4.69, 9.17) is 0 Å². The summed E-state index contributed by atoms with van der Waals surface area (Å²) < 4.78 is 27.5. The Morgan fingerprint density at radius 1 is 1.52 bits per heavy atom. The smallest absolute Gasteiger partial charge is 0.433 e. The van der Waals surface area contributed by atoms with E-state index in [0.29, 0.717) is 16.6 Å². The molecule has 2 rings (SSSR count). The van der Waals surface area contributed by atoms with E-state index in [2.05, 4.69) is 9.73 Å². The number of fused-ring (bicyclic) bond motifs is 1. The summed E-state index contributed by atoms with van der Waals surface area (Å²) in [6, 6.07) is 1.65. The largest absolute Gasteiger partial charge is 0.772 e. The van der Waals surface area contributed by atoms with Crippen molar-refractivity contribution in [3.63, 3.8) is 0 Å². The quantitative estimate of drug-likeness (QED) is 0.496. The maximum atomic E-state index is 11.6. The summed E-state index contributed by atoms with van der Waals surface area (Å²) in [5, 5.41) is 22.9. The van der Waals surface area contributed by atoms with Crippen molar-refractivity contribution in [3.05, 3.63) is 35.0 Å². The second-order valence-corrected chi connectivity index (χ2v) is 7.97. The van der Waals surface area contributed by atoms with Crippen LogP contribution in [0.3, 0.4) is 0 Å². The number of pyridine rings is 1. The van der Waals surface area contributed by atoms with Gasteiger partial charge < -0.3 is 29.6 Å².